The Morgan fingerprint density at radius 2 is 1.84 bits per heavy atom. The second-order valence-electron chi connectivity index (χ2n) is 7.61. The maximum atomic E-state index is 4.11. The number of allylic oxidation sites excluding steroid dienone is 1. The van der Waals surface area contributed by atoms with E-state index in [1.54, 1.807) is 19.3 Å². The summed E-state index contributed by atoms with van der Waals surface area (Å²) in [6, 6.07) is 0. The minimum atomic E-state index is 0.881. The van der Waals surface area contributed by atoms with Gasteiger partial charge in [0, 0.05) is 5.25 Å². The SMILES string of the molecule is C=C[C@@H]1CC2CC1C1C2[C@@H]2C[C@@H](SCCCC)[C@H]1C2. The Bertz CT molecular complexity index is 363. The Labute approximate surface area is 122 Å². The van der Waals surface area contributed by atoms with E-state index in [1.165, 1.54) is 25.0 Å². The molecule has 1 heteroatoms. The molecule has 19 heavy (non-hydrogen) atoms. The maximum absolute atomic E-state index is 4.11. The third-order valence-electron chi connectivity index (χ3n) is 6.94. The summed E-state index contributed by atoms with van der Waals surface area (Å²) in [6.45, 7) is 6.43. The molecule has 4 bridgehead atoms. The first-order valence-corrected chi connectivity index (χ1v) is 9.62. The van der Waals surface area contributed by atoms with Gasteiger partial charge in [0.1, 0.15) is 0 Å². The Morgan fingerprint density at radius 3 is 2.63 bits per heavy atom. The smallest absolute Gasteiger partial charge is 0.00810 e. The van der Waals surface area contributed by atoms with Gasteiger partial charge in [0.25, 0.3) is 0 Å². The largest absolute Gasteiger partial charge is 0.158 e. The quantitative estimate of drug-likeness (QED) is 0.387. The predicted molar refractivity (Wildman–Crippen MR) is 84.2 cm³/mol. The van der Waals surface area contributed by atoms with Gasteiger partial charge in [-0.1, -0.05) is 19.4 Å². The van der Waals surface area contributed by atoms with Crippen molar-refractivity contribution in [1.29, 1.82) is 0 Å². The average Bonchev–Trinajstić information content (AvgIpc) is 3.15. The lowest BCUT2D eigenvalue weighted by molar-refractivity contribution is 0.125. The van der Waals surface area contributed by atoms with E-state index in [1.807, 2.05) is 0 Å². The Kier molecular flexibility index (Phi) is 3.25. The molecule has 4 aliphatic rings. The summed E-state index contributed by atoms with van der Waals surface area (Å²) in [4.78, 5) is 0. The maximum Gasteiger partial charge on any atom is 0.00810 e. The van der Waals surface area contributed by atoms with Gasteiger partial charge >= 0.3 is 0 Å². The lowest BCUT2D eigenvalue weighted by atomic mass is 9.67. The fraction of sp³-hybridized carbons (Fsp3) is 0.889. The number of unbranched alkanes of at least 4 members (excludes halogenated alkanes) is 1. The van der Waals surface area contributed by atoms with Crippen molar-refractivity contribution in [3.05, 3.63) is 12.7 Å². The molecule has 0 nitrogen and oxygen atoms in total. The van der Waals surface area contributed by atoms with Crippen LogP contribution in [0.3, 0.4) is 0 Å². The van der Waals surface area contributed by atoms with Crippen molar-refractivity contribution in [2.45, 2.75) is 50.7 Å². The Balaban J connectivity index is 1.47. The number of thioether (sulfide) groups is 1. The van der Waals surface area contributed by atoms with E-state index in [9.17, 15) is 0 Å². The van der Waals surface area contributed by atoms with Gasteiger partial charge < -0.3 is 0 Å². The molecule has 0 aromatic carbocycles. The molecule has 0 amide bonds. The van der Waals surface area contributed by atoms with Gasteiger partial charge in [-0.05, 0) is 79.3 Å². The molecule has 8 atom stereocenters. The van der Waals surface area contributed by atoms with Crippen LogP contribution in [-0.2, 0) is 0 Å². The number of fused-ring (bicyclic) bond motifs is 9. The van der Waals surface area contributed by atoms with Crippen LogP contribution in [0.5, 0.6) is 0 Å². The zero-order valence-corrected chi connectivity index (χ0v) is 13.1. The minimum Gasteiger partial charge on any atom is -0.158 e. The van der Waals surface area contributed by atoms with Crippen molar-refractivity contribution in [3.8, 4) is 0 Å². The predicted octanol–water partition coefficient (Wildman–Crippen LogP) is 5.00. The van der Waals surface area contributed by atoms with Crippen LogP contribution in [0.4, 0.5) is 0 Å². The van der Waals surface area contributed by atoms with Crippen LogP contribution < -0.4 is 0 Å². The molecule has 0 spiro atoms. The number of hydrogen-bond donors (Lipinski definition) is 0. The summed E-state index contributed by atoms with van der Waals surface area (Å²) in [5, 5.41) is 1.03. The van der Waals surface area contributed by atoms with Crippen LogP contribution in [-0.4, -0.2) is 11.0 Å². The Morgan fingerprint density at radius 1 is 1.05 bits per heavy atom. The molecular formula is C18H28S. The summed E-state index contributed by atoms with van der Waals surface area (Å²) in [5.41, 5.74) is 0. The summed E-state index contributed by atoms with van der Waals surface area (Å²) in [7, 11) is 0. The summed E-state index contributed by atoms with van der Waals surface area (Å²) >= 11 is 2.33. The van der Waals surface area contributed by atoms with Gasteiger partial charge in [-0.3, -0.25) is 0 Å². The van der Waals surface area contributed by atoms with Crippen molar-refractivity contribution < 1.29 is 0 Å². The van der Waals surface area contributed by atoms with E-state index >= 15 is 0 Å². The van der Waals surface area contributed by atoms with E-state index in [-0.39, 0.29) is 0 Å². The summed E-state index contributed by atoms with van der Waals surface area (Å²) < 4.78 is 0. The highest BCUT2D eigenvalue weighted by Gasteiger charge is 2.63. The zero-order chi connectivity index (χ0) is 13.0. The first kappa shape index (κ1) is 12.8. The van der Waals surface area contributed by atoms with Crippen LogP contribution in [0.15, 0.2) is 12.7 Å². The molecule has 0 radical (unpaired) electrons. The average molecular weight is 276 g/mol. The highest BCUT2D eigenvalue weighted by atomic mass is 32.2. The van der Waals surface area contributed by atoms with Crippen LogP contribution in [0.1, 0.15) is 45.4 Å². The molecule has 106 valence electrons. The standard InChI is InChI=1S/C18H28S/c1-3-5-6-19-16-10-13-9-15(16)18-14-8-12(17(13)18)7-11(14)4-2/h4,11-18H,2-3,5-10H2,1H3/t11-,12?,13+,14?,15-,16-,17?,18?/m1/s1. The number of hydrogen-bond acceptors (Lipinski definition) is 1. The molecule has 4 unspecified atom stereocenters. The van der Waals surface area contributed by atoms with E-state index in [0.717, 1.165) is 46.7 Å². The topological polar surface area (TPSA) is 0 Å². The van der Waals surface area contributed by atoms with Crippen molar-refractivity contribution in [3.63, 3.8) is 0 Å². The van der Waals surface area contributed by atoms with Gasteiger partial charge in [-0.2, -0.15) is 11.8 Å². The molecule has 0 aromatic rings. The summed E-state index contributed by atoms with van der Waals surface area (Å²) in [6.07, 6.45) is 11.3. The van der Waals surface area contributed by atoms with Gasteiger partial charge in [-0.15, -0.1) is 6.58 Å². The van der Waals surface area contributed by atoms with Crippen LogP contribution in [0.25, 0.3) is 0 Å². The normalized spacial score (nSPS) is 53.7. The highest BCUT2D eigenvalue weighted by molar-refractivity contribution is 7.99. The molecule has 4 fully saturated rings. The molecule has 0 aliphatic heterocycles. The van der Waals surface area contributed by atoms with Crippen molar-refractivity contribution >= 4 is 11.8 Å². The number of rotatable bonds is 5. The molecule has 4 rings (SSSR count). The second-order valence-corrected chi connectivity index (χ2v) is 8.95. The van der Waals surface area contributed by atoms with E-state index < -0.39 is 0 Å². The first-order valence-electron chi connectivity index (χ1n) is 8.57. The highest BCUT2D eigenvalue weighted by Crippen LogP contribution is 2.70. The molecule has 0 heterocycles. The monoisotopic (exact) mass is 276 g/mol. The minimum absolute atomic E-state index is 0.881. The van der Waals surface area contributed by atoms with Gasteiger partial charge in [-0.25, -0.2) is 0 Å². The molecule has 0 saturated heterocycles. The molecule has 4 saturated carbocycles. The van der Waals surface area contributed by atoms with Crippen molar-refractivity contribution in [2.24, 2.45) is 41.4 Å². The van der Waals surface area contributed by atoms with Crippen LogP contribution in [0, 0.1) is 41.4 Å². The lowest BCUT2D eigenvalue weighted by Gasteiger charge is -2.41. The van der Waals surface area contributed by atoms with Gasteiger partial charge in [0.05, 0.1) is 0 Å². The lowest BCUT2D eigenvalue weighted by Crippen LogP contribution is -2.36. The van der Waals surface area contributed by atoms with Crippen LogP contribution in [0.2, 0.25) is 0 Å². The second kappa shape index (κ2) is 4.83. The molecule has 4 aliphatic carbocycles. The van der Waals surface area contributed by atoms with E-state index in [0.29, 0.717) is 0 Å². The fourth-order valence-corrected chi connectivity index (χ4v) is 8.12. The van der Waals surface area contributed by atoms with Gasteiger partial charge in [0.2, 0.25) is 0 Å². The van der Waals surface area contributed by atoms with E-state index in [4.69, 9.17) is 0 Å². The van der Waals surface area contributed by atoms with Gasteiger partial charge in [0.15, 0.2) is 0 Å². The van der Waals surface area contributed by atoms with E-state index in [2.05, 4.69) is 31.3 Å². The fourth-order valence-electron chi connectivity index (χ4n) is 6.44. The molecule has 0 N–H and O–H groups in total. The molecular weight excluding hydrogens is 248 g/mol. The third-order valence-corrected chi connectivity index (χ3v) is 8.44. The summed E-state index contributed by atoms with van der Waals surface area (Å²) in [5.74, 6) is 8.90. The van der Waals surface area contributed by atoms with Crippen LogP contribution >= 0.6 is 11.8 Å². The third kappa shape index (κ3) is 1.79. The van der Waals surface area contributed by atoms with Crippen molar-refractivity contribution in [1.82, 2.24) is 0 Å². The molecule has 0 aromatic heterocycles. The Hall–Kier alpha value is 0.0900. The first-order chi connectivity index (χ1) is 9.33. The zero-order valence-electron chi connectivity index (χ0n) is 12.3. The van der Waals surface area contributed by atoms with Crippen molar-refractivity contribution in [2.75, 3.05) is 5.75 Å².